The molecule has 0 aromatic heterocycles. The van der Waals surface area contributed by atoms with E-state index in [9.17, 15) is 5.11 Å². The van der Waals surface area contributed by atoms with Gasteiger partial charge >= 0.3 is 0 Å². The van der Waals surface area contributed by atoms with Crippen molar-refractivity contribution in [1.82, 2.24) is 0 Å². The van der Waals surface area contributed by atoms with E-state index in [0.717, 1.165) is 11.1 Å². The van der Waals surface area contributed by atoms with Gasteiger partial charge in [-0.05, 0) is 23.8 Å². The van der Waals surface area contributed by atoms with Crippen LogP contribution in [0.1, 0.15) is 0 Å². The summed E-state index contributed by atoms with van der Waals surface area (Å²) in [5.41, 5.74) is 14.3. The normalized spacial score (nSPS) is 10.1. The fourth-order valence-electron chi connectivity index (χ4n) is 1.48. The summed E-state index contributed by atoms with van der Waals surface area (Å²) in [5, 5.41) is 9.30. The molecule has 0 bridgehead atoms. The molecule has 0 spiro atoms. The van der Waals surface area contributed by atoms with Gasteiger partial charge in [-0.3, -0.25) is 0 Å². The van der Waals surface area contributed by atoms with Gasteiger partial charge in [0.2, 0.25) is 0 Å². The first-order valence-corrected chi connectivity index (χ1v) is 4.62. The molecular weight excluding hydrogens is 188 g/mol. The minimum atomic E-state index is 0.0910. The van der Waals surface area contributed by atoms with Crippen LogP contribution >= 0.6 is 0 Å². The summed E-state index contributed by atoms with van der Waals surface area (Å²) in [6.07, 6.45) is 0. The van der Waals surface area contributed by atoms with Crippen molar-refractivity contribution in [2.75, 3.05) is 11.5 Å². The van der Waals surface area contributed by atoms with Gasteiger partial charge in [-0.25, -0.2) is 0 Å². The van der Waals surface area contributed by atoms with Crippen LogP contribution in [0.15, 0.2) is 42.5 Å². The third-order valence-electron chi connectivity index (χ3n) is 2.30. The van der Waals surface area contributed by atoms with Gasteiger partial charge in [-0.2, -0.15) is 0 Å². The fraction of sp³-hybridized carbons (Fsp3) is 0. The maximum absolute atomic E-state index is 9.30. The number of anilines is 2. The van der Waals surface area contributed by atoms with Gasteiger partial charge in [0.15, 0.2) is 0 Å². The molecule has 0 saturated carbocycles. The third-order valence-corrected chi connectivity index (χ3v) is 2.30. The number of phenolic OH excluding ortho intramolecular Hbond substituents is 1. The zero-order chi connectivity index (χ0) is 10.8. The predicted molar refractivity (Wildman–Crippen MR) is 62.4 cm³/mol. The van der Waals surface area contributed by atoms with Gasteiger partial charge in [0.1, 0.15) is 5.75 Å². The molecule has 0 saturated heterocycles. The maximum Gasteiger partial charge on any atom is 0.138 e. The Hall–Kier alpha value is -2.16. The van der Waals surface area contributed by atoms with Crippen molar-refractivity contribution in [2.45, 2.75) is 0 Å². The third kappa shape index (κ3) is 1.72. The molecule has 0 radical (unpaired) electrons. The second-order valence-electron chi connectivity index (χ2n) is 3.36. The number of aromatic hydroxyl groups is 1. The van der Waals surface area contributed by atoms with E-state index in [2.05, 4.69) is 0 Å². The number of benzene rings is 2. The van der Waals surface area contributed by atoms with E-state index in [1.165, 1.54) is 0 Å². The van der Waals surface area contributed by atoms with Crippen LogP contribution in [0.3, 0.4) is 0 Å². The van der Waals surface area contributed by atoms with Crippen LogP contribution in [-0.2, 0) is 0 Å². The molecule has 3 nitrogen and oxygen atoms in total. The zero-order valence-electron chi connectivity index (χ0n) is 8.14. The van der Waals surface area contributed by atoms with Gasteiger partial charge in [0.25, 0.3) is 0 Å². The highest BCUT2D eigenvalue weighted by atomic mass is 16.3. The van der Waals surface area contributed by atoms with Crippen molar-refractivity contribution in [2.24, 2.45) is 0 Å². The molecular formula is C12H12N2O. The molecule has 0 atom stereocenters. The van der Waals surface area contributed by atoms with Gasteiger partial charge in [-0.1, -0.05) is 24.3 Å². The Morgan fingerprint density at radius 2 is 1.60 bits per heavy atom. The SMILES string of the molecule is Nc1cc(-c2ccccc2N)ccc1O. The summed E-state index contributed by atoms with van der Waals surface area (Å²) in [4.78, 5) is 0. The lowest BCUT2D eigenvalue weighted by atomic mass is 10.0. The average Bonchev–Trinajstić information content (AvgIpc) is 2.23. The molecule has 76 valence electrons. The van der Waals surface area contributed by atoms with Crippen LogP contribution in [0.4, 0.5) is 11.4 Å². The Kier molecular flexibility index (Phi) is 2.21. The molecule has 5 N–H and O–H groups in total. The fourth-order valence-corrected chi connectivity index (χ4v) is 1.48. The molecule has 2 aromatic carbocycles. The molecule has 0 amide bonds. The van der Waals surface area contributed by atoms with Crippen LogP contribution in [0.5, 0.6) is 5.75 Å². The minimum absolute atomic E-state index is 0.0910. The molecule has 3 heteroatoms. The Bertz CT molecular complexity index is 495. The van der Waals surface area contributed by atoms with Gasteiger partial charge in [0.05, 0.1) is 5.69 Å². The van der Waals surface area contributed by atoms with Crippen LogP contribution in [0.2, 0.25) is 0 Å². The summed E-state index contributed by atoms with van der Waals surface area (Å²) < 4.78 is 0. The molecule has 2 aromatic rings. The van der Waals surface area contributed by atoms with E-state index in [1.807, 2.05) is 24.3 Å². The molecule has 0 aliphatic carbocycles. The monoisotopic (exact) mass is 200 g/mol. The number of rotatable bonds is 1. The lowest BCUT2D eigenvalue weighted by molar-refractivity contribution is 0.478. The van der Waals surface area contributed by atoms with Crippen LogP contribution < -0.4 is 11.5 Å². The first-order valence-electron chi connectivity index (χ1n) is 4.62. The highest BCUT2D eigenvalue weighted by molar-refractivity contribution is 5.79. The van der Waals surface area contributed by atoms with Gasteiger partial charge in [0, 0.05) is 11.3 Å². The topological polar surface area (TPSA) is 72.3 Å². The summed E-state index contributed by atoms with van der Waals surface area (Å²) in [7, 11) is 0. The summed E-state index contributed by atoms with van der Waals surface area (Å²) in [5.74, 6) is 0.0910. The van der Waals surface area contributed by atoms with Crippen molar-refractivity contribution in [1.29, 1.82) is 0 Å². The zero-order valence-corrected chi connectivity index (χ0v) is 8.14. The number of nitrogens with two attached hydrogens (primary N) is 2. The van der Waals surface area contributed by atoms with E-state index in [4.69, 9.17) is 11.5 Å². The van der Waals surface area contributed by atoms with Crippen molar-refractivity contribution in [3.63, 3.8) is 0 Å². The highest BCUT2D eigenvalue weighted by Crippen LogP contribution is 2.30. The van der Waals surface area contributed by atoms with Crippen LogP contribution in [0, 0.1) is 0 Å². The van der Waals surface area contributed by atoms with Gasteiger partial charge in [-0.15, -0.1) is 0 Å². The second kappa shape index (κ2) is 3.53. The maximum atomic E-state index is 9.30. The number of para-hydroxylation sites is 1. The number of hydrogen-bond acceptors (Lipinski definition) is 3. The summed E-state index contributed by atoms with van der Waals surface area (Å²) in [6, 6.07) is 12.6. The van der Waals surface area contributed by atoms with Crippen molar-refractivity contribution >= 4 is 11.4 Å². The summed E-state index contributed by atoms with van der Waals surface area (Å²) >= 11 is 0. The highest BCUT2D eigenvalue weighted by Gasteiger charge is 2.03. The predicted octanol–water partition coefficient (Wildman–Crippen LogP) is 2.22. The molecule has 0 heterocycles. The Labute approximate surface area is 88.0 Å². The van der Waals surface area contributed by atoms with E-state index in [0.29, 0.717) is 11.4 Å². The Morgan fingerprint density at radius 3 is 2.27 bits per heavy atom. The van der Waals surface area contributed by atoms with Crippen LogP contribution in [0.25, 0.3) is 11.1 Å². The Morgan fingerprint density at radius 1 is 0.867 bits per heavy atom. The lowest BCUT2D eigenvalue weighted by Gasteiger charge is -2.07. The average molecular weight is 200 g/mol. The second-order valence-corrected chi connectivity index (χ2v) is 3.36. The standard InChI is InChI=1S/C12H12N2O/c13-10-4-2-1-3-9(10)8-5-6-12(15)11(14)7-8/h1-7,15H,13-14H2. The smallest absolute Gasteiger partial charge is 0.138 e. The number of nitrogen functional groups attached to an aromatic ring is 2. The van der Waals surface area contributed by atoms with Crippen molar-refractivity contribution < 1.29 is 5.11 Å². The van der Waals surface area contributed by atoms with Crippen LogP contribution in [-0.4, -0.2) is 5.11 Å². The van der Waals surface area contributed by atoms with E-state index in [-0.39, 0.29) is 5.75 Å². The van der Waals surface area contributed by atoms with E-state index >= 15 is 0 Å². The molecule has 15 heavy (non-hydrogen) atoms. The first kappa shape index (κ1) is 9.40. The van der Waals surface area contributed by atoms with Crippen molar-refractivity contribution in [3.8, 4) is 16.9 Å². The largest absolute Gasteiger partial charge is 0.506 e. The lowest BCUT2D eigenvalue weighted by Crippen LogP contribution is -1.91. The van der Waals surface area contributed by atoms with Crippen molar-refractivity contribution in [3.05, 3.63) is 42.5 Å². The molecule has 0 aliphatic heterocycles. The number of phenols is 1. The van der Waals surface area contributed by atoms with E-state index in [1.54, 1.807) is 18.2 Å². The first-order chi connectivity index (χ1) is 7.18. The van der Waals surface area contributed by atoms with E-state index < -0.39 is 0 Å². The quantitative estimate of drug-likeness (QED) is 0.488. The number of hydrogen-bond donors (Lipinski definition) is 3. The molecule has 0 unspecified atom stereocenters. The minimum Gasteiger partial charge on any atom is -0.506 e. The Balaban J connectivity index is 2.55. The molecule has 2 rings (SSSR count). The molecule has 0 aliphatic rings. The van der Waals surface area contributed by atoms with Gasteiger partial charge < -0.3 is 16.6 Å². The molecule has 0 fully saturated rings. The summed E-state index contributed by atoms with van der Waals surface area (Å²) in [6.45, 7) is 0.